The monoisotopic (exact) mass is 271 g/mol. The van der Waals surface area contributed by atoms with Gasteiger partial charge in [0.1, 0.15) is 11.8 Å². The van der Waals surface area contributed by atoms with Crippen LogP contribution in [0, 0.1) is 10.1 Å². The fourth-order valence-corrected chi connectivity index (χ4v) is 1.79. The van der Waals surface area contributed by atoms with E-state index in [2.05, 4.69) is 10.3 Å². The summed E-state index contributed by atoms with van der Waals surface area (Å²) in [6.07, 6.45) is 0.871. The van der Waals surface area contributed by atoms with Gasteiger partial charge >= 0.3 is 11.7 Å². The van der Waals surface area contributed by atoms with E-state index >= 15 is 0 Å². The Balaban J connectivity index is 2.97. The average Bonchev–Trinajstić information content (AvgIpc) is 2.35. The summed E-state index contributed by atoms with van der Waals surface area (Å²) in [7, 11) is 1.47. The van der Waals surface area contributed by atoms with Crippen LogP contribution in [0.5, 0.6) is 0 Å². The van der Waals surface area contributed by atoms with Crippen LogP contribution in [0.1, 0.15) is 10.4 Å². The summed E-state index contributed by atoms with van der Waals surface area (Å²) in [5, 5.41) is 22.1. The quantitative estimate of drug-likeness (QED) is 0.454. The number of thioether (sulfide) groups is 1. The minimum atomic E-state index is -1.41. The highest BCUT2D eigenvalue weighted by atomic mass is 32.2. The first-order valence-electron chi connectivity index (χ1n) is 4.66. The molecule has 1 aromatic rings. The van der Waals surface area contributed by atoms with Crippen molar-refractivity contribution in [3.63, 3.8) is 0 Å². The molecule has 9 heteroatoms. The molecule has 0 aliphatic carbocycles. The third kappa shape index (κ3) is 3.42. The van der Waals surface area contributed by atoms with Gasteiger partial charge in [0.25, 0.3) is 0 Å². The van der Waals surface area contributed by atoms with Crippen molar-refractivity contribution >= 4 is 29.3 Å². The third-order valence-corrected chi connectivity index (χ3v) is 2.84. The fraction of sp³-hybridized carbons (Fsp3) is 0.222. The van der Waals surface area contributed by atoms with E-state index in [1.54, 1.807) is 0 Å². The molecule has 0 atom stereocenters. The minimum absolute atomic E-state index is 0.0559. The first kappa shape index (κ1) is 13.9. The molecule has 1 aromatic heterocycles. The summed E-state index contributed by atoms with van der Waals surface area (Å²) in [4.78, 5) is 35.3. The number of hydrogen-bond donors (Lipinski definition) is 2. The summed E-state index contributed by atoms with van der Waals surface area (Å²) in [6.45, 7) is 0. The lowest BCUT2D eigenvalue weighted by Crippen LogP contribution is -2.19. The third-order valence-electron chi connectivity index (χ3n) is 1.91. The zero-order chi connectivity index (χ0) is 13.7. The lowest BCUT2D eigenvalue weighted by molar-refractivity contribution is -0.385. The number of aromatic carboxylic acids is 1. The van der Waals surface area contributed by atoms with E-state index < -0.39 is 22.1 Å². The SMILES string of the molecule is CNC(=O)CSc1cc(C(=O)O)c([N+](=O)[O-])cn1. The molecular weight excluding hydrogens is 262 g/mol. The molecule has 0 aliphatic heterocycles. The number of pyridine rings is 1. The standard InChI is InChI=1S/C9H9N3O5S/c1-10-7(13)4-18-8-2-5(9(14)15)6(3-11-8)12(16)17/h2-3H,4H2,1H3,(H,10,13)(H,14,15). The second-order valence-corrected chi connectivity index (χ2v) is 4.06. The van der Waals surface area contributed by atoms with Gasteiger partial charge in [0.05, 0.1) is 15.7 Å². The van der Waals surface area contributed by atoms with Gasteiger partial charge in [-0.15, -0.1) is 0 Å². The van der Waals surface area contributed by atoms with Crippen LogP contribution in [0.4, 0.5) is 5.69 Å². The minimum Gasteiger partial charge on any atom is -0.477 e. The van der Waals surface area contributed by atoms with Crippen molar-refractivity contribution in [1.29, 1.82) is 0 Å². The Kier molecular flexibility index (Phi) is 4.60. The van der Waals surface area contributed by atoms with Crippen molar-refractivity contribution in [2.75, 3.05) is 12.8 Å². The summed E-state index contributed by atoms with van der Waals surface area (Å²) < 4.78 is 0. The Morgan fingerprint density at radius 1 is 1.61 bits per heavy atom. The molecule has 0 saturated carbocycles. The number of nitrogens with zero attached hydrogens (tertiary/aromatic N) is 2. The second kappa shape index (κ2) is 5.96. The van der Waals surface area contributed by atoms with Crippen molar-refractivity contribution in [3.8, 4) is 0 Å². The van der Waals surface area contributed by atoms with E-state index in [9.17, 15) is 19.7 Å². The van der Waals surface area contributed by atoms with Crippen molar-refractivity contribution in [2.24, 2.45) is 0 Å². The number of nitro groups is 1. The largest absolute Gasteiger partial charge is 0.477 e. The van der Waals surface area contributed by atoms with Crippen LogP contribution in [0.25, 0.3) is 0 Å². The number of nitrogens with one attached hydrogen (secondary N) is 1. The van der Waals surface area contributed by atoms with Gasteiger partial charge in [-0.25, -0.2) is 9.78 Å². The number of carboxylic acids is 1. The van der Waals surface area contributed by atoms with E-state index in [4.69, 9.17) is 5.11 Å². The predicted molar refractivity (Wildman–Crippen MR) is 62.6 cm³/mol. The van der Waals surface area contributed by atoms with Gasteiger partial charge < -0.3 is 10.4 Å². The Labute approximate surface area is 106 Å². The molecule has 0 fully saturated rings. The number of hydrogen-bond acceptors (Lipinski definition) is 6. The molecule has 0 bridgehead atoms. The van der Waals surface area contributed by atoms with Gasteiger partial charge in [0.15, 0.2) is 0 Å². The number of aromatic nitrogens is 1. The molecule has 1 rings (SSSR count). The van der Waals surface area contributed by atoms with Gasteiger partial charge in [-0.1, -0.05) is 11.8 Å². The first-order chi connectivity index (χ1) is 8.45. The molecule has 0 saturated heterocycles. The lowest BCUT2D eigenvalue weighted by Gasteiger charge is -2.02. The number of carboxylic acid groups (broad SMARTS) is 1. The normalized spacial score (nSPS) is 9.83. The van der Waals surface area contributed by atoms with Crippen molar-refractivity contribution in [3.05, 3.63) is 27.9 Å². The molecule has 96 valence electrons. The highest BCUT2D eigenvalue weighted by molar-refractivity contribution is 7.99. The molecule has 1 heterocycles. The maximum atomic E-state index is 11.0. The Morgan fingerprint density at radius 2 is 2.28 bits per heavy atom. The van der Waals surface area contributed by atoms with Crippen LogP contribution >= 0.6 is 11.8 Å². The van der Waals surface area contributed by atoms with Crippen molar-refractivity contribution in [1.82, 2.24) is 10.3 Å². The Morgan fingerprint density at radius 3 is 2.78 bits per heavy atom. The predicted octanol–water partition coefficient (Wildman–Crippen LogP) is 0.526. The van der Waals surface area contributed by atoms with Gasteiger partial charge in [-0.05, 0) is 6.07 Å². The van der Waals surface area contributed by atoms with Crippen LogP contribution in [0.15, 0.2) is 17.3 Å². The van der Waals surface area contributed by atoms with Crippen LogP contribution in [-0.2, 0) is 4.79 Å². The van der Waals surface area contributed by atoms with Crippen molar-refractivity contribution < 1.29 is 19.6 Å². The molecular formula is C9H9N3O5S. The lowest BCUT2D eigenvalue weighted by atomic mass is 10.2. The molecule has 8 nitrogen and oxygen atoms in total. The molecule has 2 N–H and O–H groups in total. The summed E-state index contributed by atoms with van der Waals surface area (Å²) in [6, 6.07) is 1.08. The molecule has 0 radical (unpaired) electrons. The van der Waals surface area contributed by atoms with Crippen LogP contribution < -0.4 is 5.32 Å². The average molecular weight is 271 g/mol. The number of carbonyl (C=O) groups excluding carboxylic acids is 1. The summed E-state index contributed by atoms with van der Waals surface area (Å²) >= 11 is 0.996. The van der Waals surface area contributed by atoms with E-state index in [0.29, 0.717) is 0 Å². The fourth-order valence-electron chi connectivity index (χ4n) is 1.04. The zero-order valence-electron chi connectivity index (χ0n) is 9.24. The number of carbonyl (C=O) groups is 2. The molecule has 0 spiro atoms. The molecule has 0 unspecified atom stereocenters. The maximum absolute atomic E-state index is 11.0. The van der Waals surface area contributed by atoms with Crippen LogP contribution in [0.2, 0.25) is 0 Å². The van der Waals surface area contributed by atoms with Crippen LogP contribution in [0.3, 0.4) is 0 Å². The highest BCUT2D eigenvalue weighted by Gasteiger charge is 2.21. The van der Waals surface area contributed by atoms with Gasteiger partial charge in [-0.3, -0.25) is 14.9 Å². The molecule has 18 heavy (non-hydrogen) atoms. The van der Waals surface area contributed by atoms with Gasteiger partial charge in [-0.2, -0.15) is 0 Å². The molecule has 0 aromatic carbocycles. The van der Waals surface area contributed by atoms with E-state index in [1.807, 2.05) is 0 Å². The second-order valence-electron chi connectivity index (χ2n) is 3.06. The van der Waals surface area contributed by atoms with E-state index in [0.717, 1.165) is 24.0 Å². The molecule has 1 amide bonds. The van der Waals surface area contributed by atoms with E-state index in [-0.39, 0.29) is 16.7 Å². The Hall–Kier alpha value is -2.16. The number of amides is 1. The highest BCUT2D eigenvalue weighted by Crippen LogP contribution is 2.23. The first-order valence-corrected chi connectivity index (χ1v) is 5.65. The zero-order valence-corrected chi connectivity index (χ0v) is 10.1. The maximum Gasteiger partial charge on any atom is 0.342 e. The molecule has 0 aliphatic rings. The summed E-state index contributed by atoms with van der Waals surface area (Å²) in [5.41, 5.74) is -1.03. The number of rotatable bonds is 5. The van der Waals surface area contributed by atoms with Gasteiger partial charge in [0.2, 0.25) is 5.91 Å². The topological polar surface area (TPSA) is 122 Å². The smallest absolute Gasteiger partial charge is 0.342 e. The van der Waals surface area contributed by atoms with Crippen LogP contribution in [-0.4, -0.2) is 39.7 Å². The van der Waals surface area contributed by atoms with Crippen molar-refractivity contribution in [2.45, 2.75) is 5.03 Å². The Bertz CT molecular complexity index is 505. The van der Waals surface area contributed by atoms with E-state index in [1.165, 1.54) is 7.05 Å². The van der Waals surface area contributed by atoms with Gasteiger partial charge in [0, 0.05) is 7.05 Å². The summed E-state index contributed by atoms with van der Waals surface area (Å²) in [5.74, 6) is -1.61.